The van der Waals surface area contributed by atoms with Crippen molar-refractivity contribution in [2.45, 2.75) is 13.3 Å². The van der Waals surface area contributed by atoms with Crippen LogP contribution in [0.3, 0.4) is 0 Å². The van der Waals surface area contributed by atoms with Crippen LogP contribution in [0.25, 0.3) is 11.3 Å². The number of nitrogens with two attached hydrogens (primary N) is 1. The van der Waals surface area contributed by atoms with Crippen molar-refractivity contribution in [1.82, 2.24) is 5.16 Å². The molecule has 0 bridgehead atoms. The van der Waals surface area contributed by atoms with Crippen LogP contribution in [-0.2, 0) is 6.42 Å². The van der Waals surface area contributed by atoms with Crippen LogP contribution in [0.5, 0.6) is 11.5 Å². The zero-order valence-electron chi connectivity index (χ0n) is 11.4. The summed E-state index contributed by atoms with van der Waals surface area (Å²) in [7, 11) is 3.25. The molecule has 5 nitrogen and oxygen atoms in total. The van der Waals surface area contributed by atoms with Crippen LogP contribution in [0.1, 0.15) is 11.3 Å². The van der Waals surface area contributed by atoms with E-state index in [2.05, 4.69) is 5.16 Å². The van der Waals surface area contributed by atoms with Gasteiger partial charge in [-0.1, -0.05) is 5.16 Å². The quantitative estimate of drug-likeness (QED) is 0.894. The fraction of sp³-hybridized carbons (Fsp3) is 0.357. The summed E-state index contributed by atoms with van der Waals surface area (Å²) in [5, 5.41) is 4.02. The Labute approximate surface area is 112 Å². The summed E-state index contributed by atoms with van der Waals surface area (Å²) in [4.78, 5) is 0. The Morgan fingerprint density at radius 2 is 2.05 bits per heavy atom. The third kappa shape index (κ3) is 2.56. The lowest BCUT2D eigenvalue weighted by Crippen LogP contribution is -2.04. The highest BCUT2D eigenvalue weighted by Gasteiger charge is 2.18. The van der Waals surface area contributed by atoms with Gasteiger partial charge in [0.1, 0.15) is 11.5 Å². The van der Waals surface area contributed by atoms with E-state index < -0.39 is 0 Å². The molecule has 0 amide bonds. The lowest BCUT2D eigenvalue weighted by Gasteiger charge is -2.09. The fourth-order valence-corrected chi connectivity index (χ4v) is 2.03. The van der Waals surface area contributed by atoms with Crippen LogP contribution in [0.4, 0.5) is 0 Å². The molecule has 0 spiro atoms. The predicted molar refractivity (Wildman–Crippen MR) is 72.5 cm³/mol. The van der Waals surface area contributed by atoms with Crippen LogP contribution >= 0.6 is 0 Å². The standard InChI is InChI=1S/C14H18N2O3/c1-9-11(6-7-15)14(19-16-9)12-8-10(17-2)4-5-13(12)18-3/h4-5,8H,6-7,15H2,1-3H3. The zero-order chi connectivity index (χ0) is 13.8. The average molecular weight is 262 g/mol. The lowest BCUT2D eigenvalue weighted by atomic mass is 10.0. The number of rotatable bonds is 5. The van der Waals surface area contributed by atoms with Crippen molar-refractivity contribution in [2.75, 3.05) is 20.8 Å². The van der Waals surface area contributed by atoms with Gasteiger partial charge in [-0.2, -0.15) is 0 Å². The van der Waals surface area contributed by atoms with Crippen LogP contribution in [0.15, 0.2) is 22.7 Å². The van der Waals surface area contributed by atoms with Gasteiger partial charge in [-0.15, -0.1) is 0 Å². The first-order valence-electron chi connectivity index (χ1n) is 6.08. The summed E-state index contributed by atoms with van der Waals surface area (Å²) in [6.45, 7) is 2.45. The molecule has 5 heteroatoms. The van der Waals surface area contributed by atoms with Gasteiger partial charge >= 0.3 is 0 Å². The Morgan fingerprint density at radius 3 is 2.68 bits per heavy atom. The van der Waals surface area contributed by atoms with E-state index in [1.165, 1.54) is 0 Å². The van der Waals surface area contributed by atoms with Gasteiger partial charge < -0.3 is 19.7 Å². The van der Waals surface area contributed by atoms with Crippen molar-refractivity contribution >= 4 is 0 Å². The van der Waals surface area contributed by atoms with Crippen LogP contribution in [0.2, 0.25) is 0 Å². The minimum atomic E-state index is 0.543. The monoisotopic (exact) mass is 262 g/mol. The highest BCUT2D eigenvalue weighted by Crippen LogP contribution is 2.36. The van der Waals surface area contributed by atoms with E-state index in [-0.39, 0.29) is 0 Å². The van der Waals surface area contributed by atoms with Gasteiger partial charge in [0, 0.05) is 5.56 Å². The second kappa shape index (κ2) is 5.75. The molecule has 0 radical (unpaired) electrons. The van der Waals surface area contributed by atoms with E-state index in [1.807, 2.05) is 25.1 Å². The van der Waals surface area contributed by atoms with Gasteiger partial charge in [0.2, 0.25) is 0 Å². The number of nitrogens with zero attached hydrogens (tertiary/aromatic N) is 1. The molecule has 1 heterocycles. The molecule has 0 aliphatic carbocycles. The summed E-state index contributed by atoms with van der Waals surface area (Å²) in [5.41, 5.74) is 8.32. The molecule has 0 fully saturated rings. The van der Waals surface area contributed by atoms with Gasteiger partial charge in [-0.25, -0.2) is 0 Å². The maximum atomic E-state index is 5.64. The smallest absolute Gasteiger partial charge is 0.174 e. The summed E-state index contributed by atoms with van der Waals surface area (Å²) in [6, 6.07) is 5.56. The van der Waals surface area contributed by atoms with Gasteiger partial charge in [-0.05, 0) is 38.1 Å². The van der Waals surface area contributed by atoms with Crippen molar-refractivity contribution in [2.24, 2.45) is 5.73 Å². The van der Waals surface area contributed by atoms with Crippen molar-refractivity contribution in [3.8, 4) is 22.8 Å². The van der Waals surface area contributed by atoms with E-state index in [1.54, 1.807) is 14.2 Å². The largest absolute Gasteiger partial charge is 0.497 e. The molecule has 0 aliphatic heterocycles. The van der Waals surface area contributed by atoms with Crippen LogP contribution in [0, 0.1) is 6.92 Å². The normalized spacial score (nSPS) is 10.5. The molecule has 2 aromatic rings. The number of hydrogen-bond acceptors (Lipinski definition) is 5. The molecular weight excluding hydrogens is 244 g/mol. The number of methoxy groups -OCH3 is 2. The maximum Gasteiger partial charge on any atom is 0.174 e. The second-order valence-electron chi connectivity index (χ2n) is 4.18. The zero-order valence-corrected chi connectivity index (χ0v) is 11.4. The van der Waals surface area contributed by atoms with Gasteiger partial charge in [-0.3, -0.25) is 0 Å². The summed E-state index contributed by atoms with van der Waals surface area (Å²) < 4.78 is 16.0. The molecular formula is C14H18N2O3. The molecule has 19 heavy (non-hydrogen) atoms. The van der Waals surface area contributed by atoms with E-state index >= 15 is 0 Å². The first-order chi connectivity index (χ1) is 9.21. The van der Waals surface area contributed by atoms with Gasteiger partial charge in [0.25, 0.3) is 0 Å². The number of hydrogen-bond donors (Lipinski definition) is 1. The Morgan fingerprint density at radius 1 is 1.26 bits per heavy atom. The average Bonchev–Trinajstić information content (AvgIpc) is 2.80. The molecule has 0 unspecified atom stereocenters. The fourth-order valence-electron chi connectivity index (χ4n) is 2.03. The molecule has 0 saturated carbocycles. The predicted octanol–water partition coefficient (Wildman–Crippen LogP) is 2.17. The Kier molecular flexibility index (Phi) is 4.06. The topological polar surface area (TPSA) is 70.5 Å². The maximum absolute atomic E-state index is 5.64. The first kappa shape index (κ1) is 13.4. The number of ether oxygens (including phenoxy) is 2. The third-order valence-electron chi connectivity index (χ3n) is 3.03. The van der Waals surface area contributed by atoms with Crippen molar-refractivity contribution < 1.29 is 14.0 Å². The van der Waals surface area contributed by atoms with Crippen LogP contribution in [-0.4, -0.2) is 25.9 Å². The molecule has 102 valence electrons. The first-order valence-corrected chi connectivity index (χ1v) is 6.08. The molecule has 1 aromatic heterocycles. The summed E-state index contributed by atoms with van der Waals surface area (Å²) >= 11 is 0. The Hall–Kier alpha value is -2.01. The Bertz CT molecular complexity index is 564. The Balaban J connectivity index is 2.56. The van der Waals surface area contributed by atoms with Crippen molar-refractivity contribution in [3.63, 3.8) is 0 Å². The van der Waals surface area contributed by atoms with Crippen molar-refractivity contribution in [1.29, 1.82) is 0 Å². The molecule has 0 aliphatic rings. The minimum absolute atomic E-state index is 0.543. The number of benzene rings is 1. The van der Waals surface area contributed by atoms with E-state index in [9.17, 15) is 0 Å². The van der Waals surface area contributed by atoms with E-state index in [0.29, 0.717) is 18.7 Å². The second-order valence-corrected chi connectivity index (χ2v) is 4.18. The SMILES string of the molecule is COc1ccc(OC)c(-c2onc(C)c2CCN)c1. The van der Waals surface area contributed by atoms with E-state index in [0.717, 1.165) is 28.3 Å². The third-order valence-corrected chi connectivity index (χ3v) is 3.03. The number of aromatic nitrogens is 1. The lowest BCUT2D eigenvalue weighted by molar-refractivity contribution is 0.396. The molecule has 2 rings (SSSR count). The molecule has 0 atom stereocenters. The van der Waals surface area contributed by atoms with Gasteiger partial charge in [0.05, 0.1) is 25.5 Å². The van der Waals surface area contributed by atoms with Crippen molar-refractivity contribution in [3.05, 3.63) is 29.5 Å². The highest BCUT2D eigenvalue weighted by atomic mass is 16.5. The highest BCUT2D eigenvalue weighted by molar-refractivity contribution is 5.70. The van der Waals surface area contributed by atoms with Crippen LogP contribution < -0.4 is 15.2 Å². The van der Waals surface area contributed by atoms with Gasteiger partial charge in [0.15, 0.2) is 5.76 Å². The molecule has 0 saturated heterocycles. The molecule has 2 N–H and O–H groups in total. The number of aryl methyl sites for hydroxylation is 1. The minimum Gasteiger partial charge on any atom is -0.497 e. The summed E-state index contributed by atoms with van der Waals surface area (Å²) in [6.07, 6.45) is 0.713. The van der Waals surface area contributed by atoms with E-state index in [4.69, 9.17) is 19.7 Å². The molecule has 1 aromatic carbocycles. The summed E-state index contributed by atoms with van der Waals surface area (Å²) in [5.74, 6) is 2.15.